The van der Waals surface area contributed by atoms with Crippen LogP contribution in [0.15, 0.2) is 42.5 Å². The van der Waals surface area contributed by atoms with Gasteiger partial charge in [-0.25, -0.2) is 4.39 Å². The van der Waals surface area contributed by atoms with Gasteiger partial charge in [0.05, 0.1) is 22.9 Å². The van der Waals surface area contributed by atoms with E-state index in [1.54, 1.807) is 31.2 Å². The molecule has 0 heterocycles. The number of halogens is 2. The zero-order chi connectivity index (χ0) is 20.0. The van der Waals surface area contributed by atoms with Gasteiger partial charge in [0.2, 0.25) is 5.91 Å². The molecule has 2 aromatic rings. The molecule has 144 valence electrons. The van der Waals surface area contributed by atoms with Gasteiger partial charge in [-0.2, -0.15) is 0 Å². The molecule has 0 aromatic heterocycles. The normalized spacial score (nSPS) is 11.8. The summed E-state index contributed by atoms with van der Waals surface area (Å²) in [6.07, 6.45) is 0. The fourth-order valence-corrected chi connectivity index (χ4v) is 2.71. The molecular weight excluding hydrogens is 371 g/mol. The number of anilines is 1. The number of amides is 2. The molecule has 2 rings (SSSR count). The molecule has 0 bridgehead atoms. The Morgan fingerprint density at radius 1 is 1.19 bits per heavy atom. The summed E-state index contributed by atoms with van der Waals surface area (Å²) >= 11 is 6.05. The number of hydrogen-bond acceptors (Lipinski definition) is 3. The van der Waals surface area contributed by atoms with E-state index in [1.807, 2.05) is 13.8 Å². The lowest BCUT2D eigenvalue weighted by molar-refractivity contribution is -0.118. The summed E-state index contributed by atoms with van der Waals surface area (Å²) in [5, 5.41) is 5.70. The summed E-state index contributed by atoms with van der Waals surface area (Å²) in [6, 6.07) is 9.64. The van der Waals surface area contributed by atoms with E-state index in [1.165, 1.54) is 18.2 Å². The predicted molar refractivity (Wildman–Crippen MR) is 104 cm³/mol. The Balaban J connectivity index is 2.18. The van der Waals surface area contributed by atoms with Crippen molar-refractivity contribution in [3.63, 3.8) is 0 Å². The highest BCUT2D eigenvalue weighted by Gasteiger charge is 2.26. The topological polar surface area (TPSA) is 67.4 Å². The maximum Gasteiger partial charge on any atom is 0.253 e. The standard InChI is InChI=1S/C20H22ClFN2O3/c1-4-27-17-11-13(22)9-10-16(17)23-20(26)18(12(2)3)24-19(25)14-7-5-6-8-15(14)21/h5-12,18H,4H2,1-3H3,(H,23,26)(H,24,25). The lowest BCUT2D eigenvalue weighted by Gasteiger charge is -2.22. The molecule has 27 heavy (non-hydrogen) atoms. The van der Waals surface area contributed by atoms with Gasteiger partial charge >= 0.3 is 0 Å². The van der Waals surface area contributed by atoms with Crippen LogP contribution in [0.2, 0.25) is 5.02 Å². The van der Waals surface area contributed by atoms with Gasteiger partial charge in [-0.05, 0) is 37.1 Å². The van der Waals surface area contributed by atoms with Crippen LogP contribution in [0.25, 0.3) is 0 Å². The molecule has 0 fully saturated rings. The number of rotatable bonds is 7. The Labute approximate surface area is 162 Å². The SMILES string of the molecule is CCOc1cc(F)ccc1NC(=O)C(NC(=O)c1ccccc1Cl)C(C)C. The lowest BCUT2D eigenvalue weighted by atomic mass is 10.0. The van der Waals surface area contributed by atoms with Crippen molar-refractivity contribution < 1.29 is 18.7 Å². The third kappa shape index (κ3) is 5.44. The molecule has 0 radical (unpaired) electrons. The van der Waals surface area contributed by atoms with E-state index in [2.05, 4.69) is 10.6 Å². The second-order valence-electron chi connectivity index (χ2n) is 6.24. The summed E-state index contributed by atoms with van der Waals surface area (Å²) in [5.74, 6) is -1.31. The van der Waals surface area contributed by atoms with E-state index in [4.69, 9.17) is 16.3 Å². The third-order valence-corrected chi connectivity index (χ3v) is 4.19. The number of nitrogens with one attached hydrogen (secondary N) is 2. The zero-order valence-corrected chi connectivity index (χ0v) is 16.1. The average molecular weight is 393 g/mol. The van der Waals surface area contributed by atoms with Crippen LogP contribution in [0.4, 0.5) is 10.1 Å². The fraction of sp³-hybridized carbons (Fsp3) is 0.300. The molecule has 0 saturated heterocycles. The Morgan fingerprint density at radius 3 is 2.52 bits per heavy atom. The molecule has 7 heteroatoms. The number of carbonyl (C=O) groups excluding carboxylic acids is 2. The minimum absolute atomic E-state index is 0.188. The van der Waals surface area contributed by atoms with E-state index in [0.29, 0.717) is 17.3 Å². The summed E-state index contributed by atoms with van der Waals surface area (Å²) in [4.78, 5) is 25.2. The van der Waals surface area contributed by atoms with Gasteiger partial charge in [0, 0.05) is 6.07 Å². The minimum Gasteiger partial charge on any atom is -0.492 e. The number of hydrogen-bond donors (Lipinski definition) is 2. The highest BCUT2D eigenvalue weighted by Crippen LogP contribution is 2.26. The van der Waals surface area contributed by atoms with Crippen molar-refractivity contribution in [2.24, 2.45) is 5.92 Å². The van der Waals surface area contributed by atoms with Crippen molar-refractivity contribution in [2.45, 2.75) is 26.8 Å². The number of benzene rings is 2. The second kappa shape index (κ2) is 9.37. The molecule has 0 aliphatic heterocycles. The largest absolute Gasteiger partial charge is 0.492 e. The maximum absolute atomic E-state index is 13.4. The summed E-state index contributed by atoms with van der Waals surface area (Å²) < 4.78 is 18.8. The van der Waals surface area contributed by atoms with E-state index in [0.717, 1.165) is 0 Å². The summed E-state index contributed by atoms with van der Waals surface area (Å²) in [7, 11) is 0. The Kier molecular flexibility index (Phi) is 7.19. The predicted octanol–water partition coefficient (Wildman–Crippen LogP) is 4.27. The molecule has 2 N–H and O–H groups in total. The second-order valence-corrected chi connectivity index (χ2v) is 6.64. The van der Waals surface area contributed by atoms with E-state index >= 15 is 0 Å². The molecule has 0 spiro atoms. The summed E-state index contributed by atoms with van der Waals surface area (Å²) in [5.41, 5.74) is 0.621. The van der Waals surface area contributed by atoms with E-state index in [-0.39, 0.29) is 17.2 Å². The minimum atomic E-state index is -0.812. The lowest BCUT2D eigenvalue weighted by Crippen LogP contribution is -2.47. The molecule has 0 aliphatic carbocycles. The quantitative estimate of drug-likeness (QED) is 0.739. The third-order valence-electron chi connectivity index (χ3n) is 3.86. The van der Waals surface area contributed by atoms with Crippen molar-refractivity contribution in [3.8, 4) is 5.75 Å². The monoisotopic (exact) mass is 392 g/mol. The van der Waals surface area contributed by atoms with Crippen molar-refractivity contribution in [2.75, 3.05) is 11.9 Å². The van der Waals surface area contributed by atoms with Crippen LogP contribution in [0.5, 0.6) is 5.75 Å². The first-order valence-corrected chi connectivity index (χ1v) is 8.99. The molecule has 1 unspecified atom stereocenters. The fourth-order valence-electron chi connectivity index (χ4n) is 2.48. The Bertz CT molecular complexity index is 827. The van der Waals surface area contributed by atoms with Crippen LogP contribution in [0.1, 0.15) is 31.1 Å². The van der Waals surface area contributed by atoms with Crippen LogP contribution in [0, 0.1) is 11.7 Å². The van der Waals surface area contributed by atoms with Gasteiger partial charge in [-0.1, -0.05) is 37.6 Å². The molecule has 1 atom stereocenters. The van der Waals surface area contributed by atoms with Gasteiger partial charge in [-0.3, -0.25) is 9.59 Å². The molecule has 5 nitrogen and oxygen atoms in total. The molecular formula is C20H22ClFN2O3. The van der Waals surface area contributed by atoms with Crippen molar-refractivity contribution in [1.29, 1.82) is 0 Å². The highest BCUT2D eigenvalue weighted by atomic mass is 35.5. The number of carbonyl (C=O) groups is 2. The smallest absolute Gasteiger partial charge is 0.253 e. The first kappa shape index (κ1) is 20.7. The van der Waals surface area contributed by atoms with Crippen molar-refractivity contribution in [1.82, 2.24) is 5.32 Å². The average Bonchev–Trinajstić information content (AvgIpc) is 2.62. The summed E-state index contributed by atoms with van der Waals surface area (Å²) in [6.45, 7) is 5.71. The van der Waals surface area contributed by atoms with Gasteiger partial charge in [-0.15, -0.1) is 0 Å². The maximum atomic E-state index is 13.4. The van der Waals surface area contributed by atoms with Gasteiger partial charge in [0.25, 0.3) is 5.91 Å². The van der Waals surface area contributed by atoms with E-state index in [9.17, 15) is 14.0 Å². The van der Waals surface area contributed by atoms with Gasteiger partial charge in [0.1, 0.15) is 17.6 Å². The highest BCUT2D eigenvalue weighted by molar-refractivity contribution is 6.33. The van der Waals surface area contributed by atoms with Crippen molar-refractivity contribution in [3.05, 3.63) is 58.9 Å². The van der Waals surface area contributed by atoms with Crippen LogP contribution in [-0.4, -0.2) is 24.5 Å². The van der Waals surface area contributed by atoms with E-state index < -0.39 is 23.7 Å². The zero-order valence-electron chi connectivity index (χ0n) is 15.4. The Hall–Kier alpha value is -2.60. The van der Waals surface area contributed by atoms with Gasteiger partial charge in [0.15, 0.2) is 0 Å². The Morgan fingerprint density at radius 2 is 1.89 bits per heavy atom. The van der Waals surface area contributed by atoms with Crippen LogP contribution < -0.4 is 15.4 Å². The molecule has 0 saturated carbocycles. The molecule has 0 aliphatic rings. The number of ether oxygens (including phenoxy) is 1. The first-order chi connectivity index (χ1) is 12.8. The van der Waals surface area contributed by atoms with Gasteiger partial charge < -0.3 is 15.4 Å². The van der Waals surface area contributed by atoms with Crippen molar-refractivity contribution >= 4 is 29.1 Å². The first-order valence-electron chi connectivity index (χ1n) is 8.62. The van der Waals surface area contributed by atoms with Crippen LogP contribution in [0.3, 0.4) is 0 Å². The molecule has 2 amide bonds. The van der Waals surface area contributed by atoms with Crippen LogP contribution in [-0.2, 0) is 4.79 Å². The molecule has 2 aromatic carbocycles. The van der Waals surface area contributed by atoms with Crippen LogP contribution >= 0.6 is 11.6 Å².